The summed E-state index contributed by atoms with van der Waals surface area (Å²) >= 11 is 0. The lowest BCUT2D eigenvalue weighted by molar-refractivity contribution is 0.100. The molecular weight excluding hydrogens is 300 g/mol. The summed E-state index contributed by atoms with van der Waals surface area (Å²) in [5.41, 5.74) is 8.53. The van der Waals surface area contributed by atoms with Gasteiger partial charge in [0.05, 0.1) is 11.3 Å². The number of fused-ring (bicyclic) bond motifs is 1. The number of primary amides is 1. The second kappa shape index (κ2) is 6.09. The maximum atomic E-state index is 11.6. The van der Waals surface area contributed by atoms with Gasteiger partial charge in [0, 0.05) is 20.9 Å². The van der Waals surface area contributed by atoms with E-state index in [0.29, 0.717) is 30.0 Å². The first-order valence-corrected chi connectivity index (χ1v) is 8.06. The molecule has 5 nitrogen and oxygen atoms in total. The van der Waals surface area contributed by atoms with Gasteiger partial charge in [-0.05, 0) is 49.0 Å². The van der Waals surface area contributed by atoms with Crippen LogP contribution in [-0.2, 0) is 0 Å². The molecule has 1 atom stereocenters. The van der Waals surface area contributed by atoms with E-state index >= 15 is 0 Å². The second-order valence-electron chi connectivity index (χ2n) is 6.07. The molecule has 1 amide bonds. The van der Waals surface area contributed by atoms with Crippen molar-refractivity contribution in [2.75, 3.05) is 13.0 Å². The van der Waals surface area contributed by atoms with Gasteiger partial charge in [0.1, 0.15) is 5.52 Å². The predicted molar refractivity (Wildman–Crippen MR) is 94.4 cm³/mol. The quantitative estimate of drug-likeness (QED) is 0.778. The number of hydrogen-bond donors (Lipinski definition) is 2. The van der Waals surface area contributed by atoms with Crippen molar-refractivity contribution < 1.29 is 7.54 Å². The lowest BCUT2D eigenvalue weighted by Crippen LogP contribution is -2.28. The predicted octanol–water partition coefficient (Wildman–Crippen LogP) is 2.59. The van der Waals surface area contributed by atoms with Gasteiger partial charge in [-0.1, -0.05) is 24.3 Å². The van der Waals surface area contributed by atoms with E-state index in [1.807, 2.05) is 24.4 Å². The third-order valence-corrected chi connectivity index (χ3v) is 4.52. The van der Waals surface area contributed by atoms with E-state index in [9.17, 15) is 4.79 Å². The summed E-state index contributed by atoms with van der Waals surface area (Å²) in [5, 5.41) is 8.34. The van der Waals surface area contributed by atoms with Crippen LogP contribution < -0.4 is 11.1 Å². The number of carbonyl (C=O) groups excluding carboxylic acids is 1. The van der Waals surface area contributed by atoms with Crippen molar-refractivity contribution in [3.8, 4) is 5.69 Å². The van der Waals surface area contributed by atoms with E-state index in [1.54, 1.807) is 16.8 Å². The zero-order chi connectivity index (χ0) is 18.3. The number of nitrogens with two attached hydrogens (primary N) is 1. The summed E-state index contributed by atoms with van der Waals surface area (Å²) in [5.74, 6) is -0.174. The normalized spacial score (nSPS) is 21.2. The summed E-state index contributed by atoms with van der Waals surface area (Å²) in [6.45, 7) is -0.621. The molecule has 122 valence electrons. The van der Waals surface area contributed by atoms with E-state index in [1.165, 1.54) is 5.56 Å². The maximum Gasteiger partial charge on any atom is 0.250 e. The molecule has 3 aromatic rings. The van der Waals surface area contributed by atoms with Crippen LogP contribution in [0.25, 0.3) is 16.6 Å². The lowest BCUT2D eigenvalue weighted by Gasteiger charge is -2.23. The molecule has 1 aromatic heterocycles. The fraction of sp³-hybridized carbons (Fsp3) is 0.263. The first-order valence-electron chi connectivity index (χ1n) is 9.06. The standard InChI is InChI=1S/C19H20N4O/c20-19(24)17-5-1-3-15-12-23(22-18(15)17)16-8-6-13(7-9-16)14-4-2-10-21-11-14/h1,3,5-9,12,14,21H,2,4,10-11H2,(H2,20,24)/t14-/m1/s1/i10D2. The summed E-state index contributed by atoms with van der Waals surface area (Å²) in [6.07, 6.45) is 3.22. The molecule has 0 spiro atoms. The number of benzene rings is 2. The Balaban J connectivity index is 1.60. The second-order valence-corrected chi connectivity index (χ2v) is 6.07. The Hall–Kier alpha value is -2.66. The largest absolute Gasteiger partial charge is 0.366 e. The smallest absolute Gasteiger partial charge is 0.250 e. The van der Waals surface area contributed by atoms with Crippen LogP contribution in [0.1, 0.15) is 37.4 Å². The molecule has 0 saturated carbocycles. The minimum absolute atomic E-state index is 0.311. The summed E-state index contributed by atoms with van der Waals surface area (Å²) in [4.78, 5) is 11.6. The Morgan fingerprint density at radius 3 is 2.83 bits per heavy atom. The van der Waals surface area contributed by atoms with Gasteiger partial charge in [-0.25, -0.2) is 4.68 Å². The van der Waals surface area contributed by atoms with Crippen LogP contribution in [-0.4, -0.2) is 28.7 Å². The van der Waals surface area contributed by atoms with Gasteiger partial charge in [-0.3, -0.25) is 4.79 Å². The van der Waals surface area contributed by atoms with Gasteiger partial charge in [-0.2, -0.15) is 5.10 Å². The Kier molecular flexibility index (Phi) is 3.23. The zero-order valence-electron chi connectivity index (χ0n) is 15.2. The zero-order valence-corrected chi connectivity index (χ0v) is 13.2. The fourth-order valence-corrected chi connectivity index (χ4v) is 3.19. The van der Waals surface area contributed by atoms with Crippen molar-refractivity contribution in [3.63, 3.8) is 0 Å². The molecule has 2 heterocycles. The highest BCUT2D eigenvalue weighted by Gasteiger charge is 2.15. The molecule has 0 aliphatic carbocycles. The van der Waals surface area contributed by atoms with Crippen LogP contribution in [0, 0.1) is 0 Å². The molecule has 24 heavy (non-hydrogen) atoms. The lowest BCUT2D eigenvalue weighted by atomic mass is 9.92. The molecule has 1 saturated heterocycles. The number of rotatable bonds is 3. The molecule has 5 heteroatoms. The van der Waals surface area contributed by atoms with Crippen molar-refractivity contribution in [1.29, 1.82) is 0 Å². The number of nitrogens with one attached hydrogen (secondary N) is 1. The number of aromatic nitrogens is 2. The van der Waals surface area contributed by atoms with Gasteiger partial charge in [-0.15, -0.1) is 0 Å². The minimum atomic E-state index is -1.26. The highest BCUT2D eigenvalue weighted by molar-refractivity contribution is 6.04. The van der Waals surface area contributed by atoms with Gasteiger partial charge >= 0.3 is 0 Å². The maximum absolute atomic E-state index is 11.6. The van der Waals surface area contributed by atoms with Crippen LogP contribution in [0.5, 0.6) is 0 Å². The van der Waals surface area contributed by atoms with Crippen molar-refractivity contribution in [2.45, 2.75) is 18.8 Å². The van der Waals surface area contributed by atoms with Crippen molar-refractivity contribution >= 4 is 16.8 Å². The fourth-order valence-electron chi connectivity index (χ4n) is 3.19. The van der Waals surface area contributed by atoms with Gasteiger partial charge in [0.15, 0.2) is 0 Å². The Bertz CT molecular complexity index is 955. The molecule has 1 fully saturated rings. The average molecular weight is 322 g/mol. The number of carbonyl (C=O) groups is 1. The summed E-state index contributed by atoms with van der Waals surface area (Å²) < 4.78 is 17.2. The average Bonchev–Trinajstić information content (AvgIpc) is 3.06. The van der Waals surface area contributed by atoms with Gasteiger partial charge in [0.2, 0.25) is 0 Å². The molecular formula is C19H20N4O. The van der Waals surface area contributed by atoms with E-state index in [0.717, 1.165) is 17.5 Å². The monoisotopic (exact) mass is 322 g/mol. The van der Waals surface area contributed by atoms with Gasteiger partial charge < -0.3 is 11.1 Å². The van der Waals surface area contributed by atoms with Crippen LogP contribution in [0.4, 0.5) is 0 Å². The first-order chi connectivity index (χ1) is 12.4. The van der Waals surface area contributed by atoms with Crippen molar-refractivity contribution in [3.05, 3.63) is 59.8 Å². The third kappa shape index (κ3) is 2.67. The van der Waals surface area contributed by atoms with E-state index in [-0.39, 0.29) is 0 Å². The molecule has 3 N–H and O–H groups in total. The summed E-state index contributed by atoms with van der Waals surface area (Å²) in [7, 11) is 0. The van der Waals surface area contributed by atoms with Crippen molar-refractivity contribution in [1.82, 2.24) is 15.1 Å². The van der Waals surface area contributed by atoms with E-state index < -0.39 is 12.4 Å². The summed E-state index contributed by atoms with van der Waals surface area (Å²) in [6, 6.07) is 13.5. The number of amides is 1. The van der Waals surface area contributed by atoms with E-state index in [4.69, 9.17) is 8.48 Å². The third-order valence-electron chi connectivity index (χ3n) is 4.52. The SMILES string of the molecule is [2H]C1([2H])CC[C@@H](c2ccc(-n3cc4cccc(C(N)=O)c4n3)cc2)CN1. The van der Waals surface area contributed by atoms with Crippen LogP contribution >= 0.6 is 0 Å². The molecule has 1 aliphatic heterocycles. The van der Waals surface area contributed by atoms with Crippen LogP contribution in [0.2, 0.25) is 0 Å². The van der Waals surface area contributed by atoms with Gasteiger partial charge in [0.25, 0.3) is 5.91 Å². The van der Waals surface area contributed by atoms with E-state index in [2.05, 4.69) is 22.5 Å². The molecule has 1 aliphatic rings. The molecule has 2 aromatic carbocycles. The van der Waals surface area contributed by atoms with Crippen molar-refractivity contribution in [2.24, 2.45) is 5.73 Å². The molecule has 0 radical (unpaired) electrons. The molecule has 4 rings (SSSR count). The van der Waals surface area contributed by atoms with Crippen LogP contribution in [0.15, 0.2) is 48.7 Å². The molecule has 0 bridgehead atoms. The molecule has 0 unspecified atom stereocenters. The highest BCUT2D eigenvalue weighted by atomic mass is 16.1. The topological polar surface area (TPSA) is 72.9 Å². The Morgan fingerprint density at radius 1 is 1.29 bits per heavy atom. The van der Waals surface area contributed by atoms with Crippen LogP contribution in [0.3, 0.4) is 0 Å². The Labute approximate surface area is 143 Å². The number of piperidine rings is 1. The highest BCUT2D eigenvalue weighted by Crippen LogP contribution is 2.25. The number of nitrogens with zero attached hydrogens (tertiary/aromatic N) is 2. The number of hydrogen-bond acceptors (Lipinski definition) is 3. The minimum Gasteiger partial charge on any atom is -0.366 e. The first kappa shape index (κ1) is 12.7. The Morgan fingerprint density at radius 2 is 2.12 bits per heavy atom.